The number of amides is 1. The summed E-state index contributed by atoms with van der Waals surface area (Å²) in [5, 5.41) is 2.87. The number of hydrogen-bond acceptors (Lipinski definition) is 3. The number of carbonyl (C=O) groups is 1. The van der Waals surface area contributed by atoms with Gasteiger partial charge < -0.3 is 14.8 Å². The van der Waals surface area contributed by atoms with Gasteiger partial charge in [-0.25, -0.2) is 0 Å². The van der Waals surface area contributed by atoms with Crippen LogP contribution in [0.2, 0.25) is 0 Å². The Bertz CT molecular complexity index is 719. The first-order valence-corrected chi connectivity index (χ1v) is 8.61. The van der Waals surface area contributed by atoms with Crippen molar-refractivity contribution in [3.8, 4) is 11.5 Å². The van der Waals surface area contributed by atoms with E-state index in [1.165, 1.54) is 5.56 Å². The highest BCUT2D eigenvalue weighted by molar-refractivity contribution is 5.95. The SMILES string of the molecule is CCOc1ccccc1NC(=O)C(C)Oc1cccc(C(C)(C)C)c1. The lowest BCUT2D eigenvalue weighted by Gasteiger charge is -2.21. The Labute approximate surface area is 150 Å². The summed E-state index contributed by atoms with van der Waals surface area (Å²) in [5.74, 6) is 1.13. The molecule has 4 nitrogen and oxygen atoms in total. The summed E-state index contributed by atoms with van der Waals surface area (Å²) in [5.41, 5.74) is 1.84. The van der Waals surface area contributed by atoms with Crippen molar-refractivity contribution in [3.05, 3.63) is 54.1 Å². The predicted molar refractivity (Wildman–Crippen MR) is 101 cm³/mol. The summed E-state index contributed by atoms with van der Waals surface area (Å²) in [6, 6.07) is 15.2. The first-order chi connectivity index (χ1) is 11.8. The van der Waals surface area contributed by atoms with Crippen LogP contribution >= 0.6 is 0 Å². The number of anilines is 1. The van der Waals surface area contributed by atoms with Gasteiger partial charge in [-0.2, -0.15) is 0 Å². The van der Waals surface area contributed by atoms with Gasteiger partial charge in [0, 0.05) is 0 Å². The van der Waals surface area contributed by atoms with Crippen LogP contribution < -0.4 is 14.8 Å². The Kier molecular flexibility index (Phi) is 6.07. The van der Waals surface area contributed by atoms with E-state index in [1.807, 2.05) is 49.4 Å². The normalized spacial score (nSPS) is 12.4. The zero-order valence-corrected chi connectivity index (χ0v) is 15.6. The summed E-state index contributed by atoms with van der Waals surface area (Å²) in [7, 11) is 0. The number of nitrogens with one attached hydrogen (secondary N) is 1. The molecule has 0 heterocycles. The van der Waals surface area contributed by atoms with E-state index in [0.717, 1.165) is 0 Å². The van der Waals surface area contributed by atoms with Crippen LogP contribution in [-0.4, -0.2) is 18.6 Å². The second-order valence-corrected chi connectivity index (χ2v) is 6.96. The van der Waals surface area contributed by atoms with Crippen LogP contribution in [-0.2, 0) is 10.2 Å². The van der Waals surface area contributed by atoms with Crippen molar-refractivity contribution in [1.82, 2.24) is 0 Å². The molecule has 0 aliphatic rings. The van der Waals surface area contributed by atoms with Crippen LogP contribution in [0, 0.1) is 0 Å². The molecule has 2 aromatic rings. The molecule has 0 saturated carbocycles. The van der Waals surface area contributed by atoms with Crippen LogP contribution in [0.4, 0.5) is 5.69 Å². The minimum absolute atomic E-state index is 0.0291. The van der Waals surface area contributed by atoms with Gasteiger partial charge in [-0.1, -0.05) is 45.0 Å². The van der Waals surface area contributed by atoms with E-state index in [1.54, 1.807) is 6.92 Å². The molecule has 0 saturated heterocycles. The Hall–Kier alpha value is -2.49. The second-order valence-electron chi connectivity index (χ2n) is 6.96. The van der Waals surface area contributed by atoms with Crippen molar-refractivity contribution in [2.45, 2.75) is 46.1 Å². The molecule has 0 radical (unpaired) electrons. The van der Waals surface area contributed by atoms with Crippen molar-refractivity contribution in [2.75, 3.05) is 11.9 Å². The molecule has 2 aromatic carbocycles. The lowest BCUT2D eigenvalue weighted by molar-refractivity contribution is -0.122. The summed E-state index contributed by atoms with van der Waals surface area (Å²) in [6.07, 6.45) is -0.620. The lowest BCUT2D eigenvalue weighted by Crippen LogP contribution is -2.30. The van der Waals surface area contributed by atoms with E-state index in [9.17, 15) is 4.79 Å². The number of para-hydroxylation sites is 2. The quantitative estimate of drug-likeness (QED) is 0.822. The molecule has 2 rings (SSSR count). The zero-order valence-electron chi connectivity index (χ0n) is 15.6. The third-order valence-electron chi connectivity index (χ3n) is 3.83. The van der Waals surface area contributed by atoms with Gasteiger partial charge in [-0.3, -0.25) is 4.79 Å². The van der Waals surface area contributed by atoms with E-state index in [-0.39, 0.29) is 11.3 Å². The van der Waals surface area contributed by atoms with Gasteiger partial charge in [0.05, 0.1) is 12.3 Å². The van der Waals surface area contributed by atoms with Crippen molar-refractivity contribution in [1.29, 1.82) is 0 Å². The van der Waals surface area contributed by atoms with E-state index in [2.05, 4.69) is 32.2 Å². The Balaban J connectivity index is 2.06. The van der Waals surface area contributed by atoms with Gasteiger partial charge in [0.15, 0.2) is 6.10 Å². The van der Waals surface area contributed by atoms with Crippen molar-refractivity contribution in [3.63, 3.8) is 0 Å². The topological polar surface area (TPSA) is 47.6 Å². The highest BCUT2D eigenvalue weighted by Crippen LogP contribution is 2.27. The van der Waals surface area contributed by atoms with E-state index in [4.69, 9.17) is 9.47 Å². The summed E-state index contributed by atoms with van der Waals surface area (Å²) >= 11 is 0. The molecule has 1 unspecified atom stereocenters. The first-order valence-electron chi connectivity index (χ1n) is 8.61. The van der Waals surface area contributed by atoms with E-state index >= 15 is 0 Å². The van der Waals surface area contributed by atoms with Crippen LogP contribution in [0.3, 0.4) is 0 Å². The molecule has 0 spiro atoms. The van der Waals surface area contributed by atoms with E-state index < -0.39 is 6.10 Å². The summed E-state index contributed by atoms with van der Waals surface area (Å²) < 4.78 is 11.4. The molecule has 134 valence electrons. The molecular weight excluding hydrogens is 314 g/mol. The molecule has 25 heavy (non-hydrogen) atoms. The van der Waals surface area contributed by atoms with Gasteiger partial charge in [0.1, 0.15) is 11.5 Å². The Morgan fingerprint density at radius 3 is 2.52 bits per heavy atom. The van der Waals surface area contributed by atoms with Gasteiger partial charge >= 0.3 is 0 Å². The molecule has 0 aliphatic heterocycles. The maximum absolute atomic E-state index is 12.5. The molecule has 0 bridgehead atoms. The van der Waals surface area contributed by atoms with Crippen LogP contribution in [0.15, 0.2) is 48.5 Å². The molecule has 1 amide bonds. The van der Waals surface area contributed by atoms with Crippen LogP contribution in [0.5, 0.6) is 11.5 Å². The molecule has 1 atom stereocenters. The predicted octanol–water partition coefficient (Wildman–Crippen LogP) is 4.79. The fraction of sp³-hybridized carbons (Fsp3) is 0.381. The number of carbonyl (C=O) groups excluding carboxylic acids is 1. The number of benzene rings is 2. The summed E-state index contributed by atoms with van der Waals surface area (Å²) in [6.45, 7) is 10.6. The Morgan fingerprint density at radius 2 is 1.84 bits per heavy atom. The average Bonchev–Trinajstić information content (AvgIpc) is 2.56. The van der Waals surface area contributed by atoms with E-state index in [0.29, 0.717) is 23.8 Å². The first kappa shape index (κ1) is 18.8. The second kappa shape index (κ2) is 8.06. The standard InChI is InChI=1S/C21H27NO3/c1-6-24-19-13-8-7-12-18(19)22-20(23)15(2)25-17-11-9-10-16(14-17)21(3,4)5/h7-15H,6H2,1-5H3,(H,22,23). The lowest BCUT2D eigenvalue weighted by atomic mass is 9.87. The average molecular weight is 341 g/mol. The molecule has 0 fully saturated rings. The number of ether oxygens (including phenoxy) is 2. The van der Waals surface area contributed by atoms with Gasteiger partial charge in [-0.05, 0) is 49.1 Å². The minimum Gasteiger partial charge on any atom is -0.492 e. The smallest absolute Gasteiger partial charge is 0.265 e. The fourth-order valence-electron chi connectivity index (χ4n) is 2.38. The fourth-order valence-corrected chi connectivity index (χ4v) is 2.38. The number of hydrogen-bond donors (Lipinski definition) is 1. The third kappa shape index (κ3) is 5.24. The molecular formula is C21H27NO3. The molecule has 4 heteroatoms. The van der Waals surface area contributed by atoms with Gasteiger partial charge in [0.2, 0.25) is 0 Å². The van der Waals surface area contributed by atoms with Gasteiger partial charge in [0.25, 0.3) is 5.91 Å². The molecule has 0 aromatic heterocycles. The van der Waals surface area contributed by atoms with Crippen LogP contribution in [0.1, 0.15) is 40.2 Å². The highest BCUT2D eigenvalue weighted by atomic mass is 16.5. The third-order valence-corrected chi connectivity index (χ3v) is 3.83. The number of rotatable bonds is 6. The highest BCUT2D eigenvalue weighted by Gasteiger charge is 2.18. The Morgan fingerprint density at radius 1 is 1.12 bits per heavy atom. The molecule has 0 aliphatic carbocycles. The van der Waals surface area contributed by atoms with Crippen LogP contribution in [0.25, 0.3) is 0 Å². The monoisotopic (exact) mass is 341 g/mol. The van der Waals surface area contributed by atoms with Crippen molar-refractivity contribution in [2.24, 2.45) is 0 Å². The zero-order chi connectivity index (χ0) is 18.4. The van der Waals surface area contributed by atoms with Crippen molar-refractivity contribution >= 4 is 11.6 Å². The maximum atomic E-state index is 12.5. The maximum Gasteiger partial charge on any atom is 0.265 e. The molecule has 1 N–H and O–H groups in total. The minimum atomic E-state index is -0.620. The summed E-state index contributed by atoms with van der Waals surface area (Å²) in [4.78, 5) is 12.5. The van der Waals surface area contributed by atoms with Gasteiger partial charge in [-0.15, -0.1) is 0 Å². The van der Waals surface area contributed by atoms with Crippen molar-refractivity contribution < 1.29 is 14.3 Å². The largest absolute Gasteiger partial charge is 0.492 e.